The van der Waals surface area contributed by atoms with Crippen molar-refractivity contribution in [2.24, 2.45) is 0 Å². The highest BCUT2D eigenvalue weighted by molar-refractivity contribution is 5.94. The molecule has 1 amide bonds. The van der Waals surface area contributed by atoms with Gasteiger partial charge in [0.15, 0.2) is 5.76 Å². The zero-order valence-electron chi connectivity index (χ0n) is 19.2. The second-order valence-electron chi connectivity index (χ2n) is 8.08. The highest BCUT2D eigenvalue weighted by atomic mass is 19.1. The Kier molecular flexibility index (Phi) is 6.29. The average Bonchev–Trinajstić information content (AvgIpc) is 3.38. The molecule has 3 N–H and O–H groups in total. The third-order valence-electron chi connectivity index (χ3n) is 5.57. The van der Waals surface area contributed by atoms with Gasteiger partial charge >= 0.3 is 5.91 Å². The van der Waals surface area contributed by atoms with Crippen LogP contribution in [-0.4, -0.2) is 21.1 Å². The number of benzene rings is 3. The lowest BCUT2D eigenvalue weighted by atomic mass is 10.1. The second-order valence-corrected chi connectivity index (χ2v) is 8.08. The van der Waals surface area contributed by atoms with Crippen LogP contribution < -0.4 is 15.5 Å². The summed E-state index contributed by atoms with van der Waals surface area (Å²) in [4.78, 5) is 20.3. The molecule has 0 unspecified atom stereocenters. The maximum atomic E-state index is 13.4. The first-order chi connectivity index (χ1) is 17.5. The Morgan fingerprint density at radius 2 is 1.94 bits per heavy atom. The molecule has 3 aromatic carbocycles. The summed E-state index contributed by atoms with van der Waals surface area (Å²) in [7, 11) is 0. The van der Waals surface area contributed by atoms with E-state index in [4.69, 9.17) is 14.4 Å². The van der Waals surface area contributed by atoms with Crippen molar-refractivity contribution in [2.45, 2.75) is 13.5 Å². The molecule has 36 heavy (non-hydrogen) atoms. The quantitative estimate of drug-likeness (QED) is 0.198. The summed E-state index contributed by atoms with van der Waals surface area (Å²) in [6, 6.07) is 20.6. The minimum Gasteiger partial charge on any atom is -0.489 e. The van der Waals surface area contributed by atoms with E-state index in [9.17, 15) is 9.18 Å². The Hall–Kier alpha value is -4.76. The van der Waals surface area contributed by atoms with Crippen molar-refractivity contribution in [1.82, 2.24) is 15.4 Å². The minimum absolute atomic E-state index is 0.00885. The summed E-state index contributed by atoms with van der Waals surface area (Å²) < 4.78 is 24.8. The van der Waals surface area contributed by atoms with Crippen molar-refractivity contribution < 1.29 is 23.5 Å². The largest absolute Gasteiger partial charge is 0.489 e. The van der Waals surface area contributed by atoms with Crippen LogP contribution in [0.15, 0.2) is 83.5 Å². The lowest BCUT2D eigenvalue weighted by molar-refractivity contribution is 0.0677. The van der Waals surface area contributed by atoms with E-state index < -0.39 is 5.91 Å². The topological polar surface area (TPSA) is 110 Å². The van der Waals surface area contributed by atoms with E-state index in [1.165, 1.54) is 24.5 Å². The molecule has 180 valence electrons. The number of fused-ring (bicyclic) bond motifs is 1. The summed E-state index contributed by atoms with van der Waals surface area (Å²) in [6.07, 6.45) is 1.48. The molecule has 8 nitrogen and oxygen atoms in total. The van der Waals surface area contributed by atoms with Crippen molar-refractivity contribution in [3.05, 3.63) is 102 Å². The van der Waals surface area contributed by atoms with E-state index in [0.717, 1.165) is 33.3 Å². The molecule has 0 aliphatic heterocycles. The fourth-order valence-corrected chi connectivity index (χ4v) is 3.79. The average molecular weight is 484 g/mol. The number of rotatable bonds is 7. The van der Waals surface area contributed by atoms with Gasteiger partial charge in [0.2, 0.25) is 0 Å². The van der Waals surface area contributed by atoms with Crippen LogP contribution in [-0.2, 0) is 6.61 Å². The molecular weight excluding hydrogens is 463 g/mol. The first-order valence-electron chi connectivity index (χ1n) is 11.0. The van der Waals surface area contributed by atoms with Crippen LogP contribution in [0.25, 0.3) is 22.2 Å². The van der Waals surface area contributed by atoms with Crippen LogP contribution in [0, 0.1) is 12.7 Å². The Labute approximate surface area is 205 Å². The molecule has 0 radical (unpaired) electrons. The number of hydroxylamine groups is 1. The van der Waals surface area contributed by atoms with Crippen LogP contribution in [0.1, 0.15) is 21.7 Å². The molecule has 0 saturated carbocycles. The number of carbonyl (C=O) groups is 1. The highest BCUT2D eigenvalue weighted by Crippen LogP contribution is 2.31. The fourth-order valence-electron chi connectivity index (χ4n) is 3.79. The maximum absolute atomic E-state index is 13.4. The van der Waals surface area contributed by atoms with Gasteiger partial charge in [-0.05, 0) is 78.7 Å². The number of hydrogen-bond donors (Lipinski definition) is 3. The van der Waals surface area contributed by atoms with Gasteiger partial charge < -0.3 is 14.5 Å². The molecule has 5 rings (SSSR count). The van der Waals surface area contributed by atoms with Gasteiger partial charge in [0, 0.05) is 16.6 Å². The van der Waals surface area contributed by atoms with Crippen LogP contribution in [0.3, 0.4) is 0 Å². The number of anilines is 2. The third kappa shape index (κ3) is 4.86. The predicted octanol–water partition coefficient (Wildman–Crippen LogP) is 5.78. The molecule has 0 fully saturated rings. The van der Waals surface area contributed by atoms with E-state index in [2.05, 4.69) is 15.3 Å². The first-order valence-corrected chi connectivity index (χ1v) is 11.0. The zero-order valence-corrected chi connectivity index (χ0v) is 19.2. The van der Waals surface area contributed by atoms with Crippen molar-refractivity contribution in [1.29, 1.82) is 0 Å². The number of amides is 1. The van der Waals surface area contributed by atoms with E-state index in [1.54, 1.807) is 17.6 Å². The smallest absolute Gasteiger partial charge is 0.310 e. The SMILES string of the molecule is Cc1cc(Nc2ncnc3ccc(-c4ccc(C(=O)NO)o4)cc23)ccc1OCc1cccc(F)c1. The summed E-state index contributed by atoms with van der Waals surface area (Å²) in [5.74, 6) is 0.711. The molecule has 0 aliphatic carbocycles. The van der Waals surface area contributed by atoms with Gasteiger partial charge in [-0.15, -0.1) is 0 Å². The first kappa shape index (κ1) is 23.0. The number of ether oxygens (including phenoxy) is 1. The number of halogens is 1. The number of aromatic nitrogens is 2. The summed E-state index contributed by atoms with van der Waals surface area (Å²) in [5.41, 5.74) is 5.45. The molecule has 0 atom stereocenters. The van der Waals surface area contributed by atoms with Gasteiger partial charge in [0.1, 0.15) is 36.1 Å². The predicted molar refractivity (Wildman–Crippen MR) is 132 cm³/mol. The second kappa shape index (κ2) is 9.85. The van der Waals surface area contributed by atoms with E-state index >= 15 is 0 Å². The monoisotopic (exact) mass is 484 g/mol. The number of nitrogens with one attached hydrogen (secondary N) is 2. The van der Waals surface area contributed by atoms with Crippen molar-refractivity contribution in [3.8, 4) is 17.1 Å². The Balaban J connectivity index is 1.37. The lowest BCUT2D eigenvalue weighted by Gasteiger charge is -2.13. The van der Waals surface area contributed by atoms with Crippen LogP contribution in [0.2, 0.25) is 0 Å². The molecule has 0 saturated heterocycles. The number of furan rings is 1. The number of aryl methyl sites for hydroxylation is 1. The maximum Gasteiger partial charge on any atom is 0.310 e. The zero-order chi connectivity index (χ0) is 25.1. The van der Waals surface area contributed by atoms with Crippen molar-refractivity contribution in [2.75, 3.05) is 5.32 Å². The van der Waals surface area contributed by atoms with Crippen molar-refractivity contribution in [3.63, 3.8) is 0 Å². The standard InChI is InChI=1S/C27H21FN4O4/c1-16-11-20(6-8-23(16)35-14-17-3-2-4-19(28)12-17)31-26-21-13-18(5-7-22(21)29-15-30-26)24-9-10-25(36-24)27(33)32-34/h2-13,15,34H,14H2,1H3,(H,32,33)(H,29,30,31). The molecule has 2 aromatic heterocycles. The molecule has 0 aliphatic rings. The number of hydrogen-bond acceptors (Lipinski definition) is 7. The van der Waals surface area contributed by atoms with E-state index in [0.29, 0.717) is 17.3 Å². The van der Waals surface area contributed by atoms with Crippen LogP contribution >= 0.6 is 0 Å². The van der Waals surface area contributed by atoms with Gasteiger partial charge in [-0.3, -0.25) is 10.0 Å². The van der Waals surface area contributed by atoms with Gasteiger partial charge in [-0.25, -0.2) is 19.8 Å². The minimum atomic E-state index is -0.730. The van der Waals surface area contributed by atoms with Gasteiger partial charge in [0.25, 0.3) is 0 Å². The summed E-state index contributed by atoms with van der Waals surface area (Å²) >= 11 is 0. The number of nitrogens with zero attached hydrogens (tertiary/aromatic N) is 2. The van der Waals surface area contributed by atoms with Crippen LogP contribution in [0.4, 0.5) is 15.9 Å². The molecule has 5 aromatic rings. The molecule has 2 heterocycles. The molecule has 9 heteroatoms. The lowest BCUT2D eigenvalue weighted by Crippen LogP contribution is -2.17. The molecule has 0 spiro atoms. The molecule has 0 bridgehead atoms. The highest BCUT2D eigenvalue weighted by Gasteiger charge is 2.13. The Morgan fingerprint density at radius 3 is 2.75 bits per heavy atom. The van der Waals surface area contributed by atoms with Gasteiger partial charge in [0.05, 0.1) is 5.52 Å². The van der Waals surface area contributed by atoms with E-state index in [-0.39, 0.29) is 18.2 Å². The van der Waals surface area contributed by atoms with Gasteiger partial charge in [-0.2, -0.15) is 0 Å². The van der Waals surface area contributed by atoms with E-state index in [1.807, 2.05) is 49.4 Å². The Bertz CT molecular complexity index is 1570. The molecular formula is C27H21FN4O4. The van der Waals surface area contributed by atoms with Crippen LogP contribution in [0.5, 0.6) is 5.75 Å². The number of carbonyl (C=O) groups excluding carboxylic acids is 1. The summed E-state index contributed by atoms with van der Waals surface area (Å²) in [6.45, 7) is 2.19. The third-order valence-corrected chi connectivity index (χ3v) is 5.57. The summed E-state index contributed by atoms with van der Waals surface area (Å²) in [5, 5.41) is 12.9. The Morgan fingerprint density at radius 1 is 1.06 bits per heavy atom. The normalized spacial score (nSPS) is 10.9. The fraction of sp³-hybridized carbons (Fsp3) is 0.0741. The van der Waals surface area contributed by atoms with Gasteiger partial charge in [-0.1, -0.05) is 12.1 Å². The van der Waals surface area contributed by atoms with Crippen molar-refractivity contribution >= 4 is 28.3 Å².